The second kappa shape index (κ2) is 12.0. The Morgan fingerprint density at radius 2 is 1.44 bits per heavy atom. The number of fused-ring (bicyclic) bond motifs is 1. The van der Waals surface area contributed by atoms with Gasteiger partial charge in [-0.2, -0.15) is 0 Å². The maximum atomic E-state index is 12.2. The van der Waals surface area contributed by atoms with Crippen LogP contribution in [0, 0.1) is 0 Å². The fourth-order valence-electron chi connectivity index (χ4n) is 3.07. The number of carbonyl (C=O) groups excluding carboxylic acids is 3. The smallest absolute Gasteiger partial charge is 0.337 e. The molecule has 1 aliphatic rings. The Hall–Kier alpha value is -3.23. The van der Waals surface area contributed by atoms with Crippen molar-refractivity contribution in [2.45, 2.75) is 19.8 Å². The predicted octanol–water partition coefficient (Wildman–Crippen LogP) is 3.10. The van der Waals surface area contributed by atoms with Gasteiger partial charge in [0.15, 0.2) is 0 Å². The van der Waals surface area contributed by atoms with Crippen molar-refractivity contribution in [1.29, 1.82) is 0 Å². The molecule has 2 aromatic carbocycles. The van der Waals surface area contributed by atoms with Crippen LogP contribution in [-0.4, -0.2) is 62.3 Å². The third-order valence-corrected chi connectivity index (χ3v) is 4.75. The average Bonchev–Trinajstić information content (AvgIpc) is 3.04. The predicted molar refractivity (Wildman–Crippen MR) is 116 cm³/mol. The minimum atomic E-state index is -0.518. The molecule has 0 aromatic heterocycles. The maximum absolute atomic E-state index is 12.2. The molecule has 1 heterocycles. The van der Waals surface area contributed by atoms with Crippen LogP contribution < -0.4 is 9.47 Å². The van der Waals surface area contributed by atoms with Crippen LogP contribution in [0.5, 0.6) is 11.5 Å². The van der Waals surface area contributed by atoms with E-state index >= 15 is 0 Å². The Labute approximate surface area is 187 Å². The summed E-state index contributed by atoms with van der Waals surface area (Å²) in [7, 11) is 0. The molecule has 0 saturated carbocycles. The highest BCUT2D eigenvalue weighted by Gasteiger charge is 2.34. The summed E-state index contributed by atoms with van der Waals surface area (Å²) in [5, 5.41) is 0. The summed E-state index contributed by atoms with van der Waals surface area (Å²) >= 11 is 0. The van der Waals surface area contributed by atoms with Crippen LogP contribution in [-0.2, 0) is 14.3 Å². The zero-order valence-electron chi connectivity index (χ0n) is 18.1. The SMILES string of the molecule is CCCCOc1ccc(OC(=O)COCCOCCN2C(=O)c3ccccc3C2=O)cc1. The summed E-state index contributed by atoms with van der Waals surface area (Å²) in [6.45, 7) is 3.29. The zero-order chi connectivity index (χ0) is 22.8. The van der Waals surface area contributed by atoms with E-state index < -0.39 is 5.97 Å². The van der Waals surface area contributed by atoms with Crippen molar-refractivity contribution in [3.63, 3.8) is 0 Å². The highest BCUT2D eigenvalue weighted by atomic mass is 16.6. The van der Waals surface area contributed by atoms with Gasteiger partial charge in [-0.1, -0.05) is 25.5 Å². The molecular formula is C24H27NO7. The summed E-state index contributed by atoms with van der Waals surface area (Å²) in [5.41, 5.74) is 0.830. The van der Waals surface area contributed by atoms with Gasteiger partial charge in [0.05, 0.1) is 44.1 Å². The van der Waals surface area contributed by atoms with Crippen LogP contribution in [0.2, 0.25) is 0 Å². The van der Waals surface area contributed by atoms with Gasteiger partial charge >= 0.3 is 5.97 Å². The van der Waals surface area contributed by atoms with Crippen LogP contribution in [0.25, 0.3) is 0 Å². The van der Waals surface area contributed by atoms with Gasteiger partial charge in [0.25, 0.3) is 11.8 Å². The lowest BCUT2D eigenvalue weighted by Gasteiger charge is -2.13. The number of esters is 1. The highest BCUT2D eigenvalue weighted by Crippen LogP contribution is 2.22. The topological polar surface area (TPSA) is 91.4 Å². The summed E-state index contributed by atoms with van der Waals surface area (Å²) in [4.78, 5) is 37.5. The molecule has 0 N–H and O–H groups in total. The molecule has 0 spiro atoms. The van der Waals surface area contributed by atoms with Gasteiger partial charge < -0.3 is 18.9 Å². The fourth-order valence-corrected chi connectivity index (χ4v) is 3.07. The van der Waals surface area contributed by atoms with Gasteiger partial charge in [-0.3, -0.25) is 14.5 Å². The molecule has 0 saturated heterocycles. The number of unbranched alkanes of at least 4 members (excludes halogenated alkanes) is 1. The fraction of sp³-hybridized carbons (Fsp3) is 0.375. The first-order chi connectivity index (χ1) is 15.6. The number of rotatable bonds is 13. The number of nitrogens with zero attached hydrogens (tertiary/aromatic N) is 1. The zero-order valence-corrected chi connectivity index (χ0v) is 18.1. The van der Waals surface area contributed by atoms with E-state index in [1.807, 2.05) is 0 Å². The summed E-state index contributed by atoms with van der Waals surface area (Å²) < 4.78 is 21.4. The lowest BCUT2D eigenvalue weighted by molar-refractivity contribution is -0.140. The molecule has 3 rings (SSSR count). The quantitative estimate of drug-likeness (QED) is 0.204. The van der Waals surface area contributed by atoms with Crippen LogP contribution in [0.3, 0.4) is 0 Å². The van der Waals surface area contributed by atoms with Crippen molar-refractivity contribution < 1.29 is 33.3 Å². The molecule has 2 amide bonds. The lowest BCUT2D eigenvalue weighted by atomic mass is 10.1. The number of hydrogen-bond donors (Lipinski definition) is 0. The van der Waals surface area contributed by atoms with Gasteiger partial charge in [-0.15, -0.1) is 0 Å². The van der Waals surface area contributed by atoms with E-state index in [1.54, 1.807) is 48.5 Å². The lowest BCUT2D eigenvalue weighted by Crippen LogP contribution is -2.33. The van der Waals surface area contributed by atoms with Crippen molar-refractivity contribution in [2.75, 3.05) is 39.6 Å². The third-order valence-electron chi connectivity index (χ3n) is 4.75. The largest absolute Gasteiger partial charge is 0.494 e. The Kier molecular flexibility index (Phi) is 8.77. The molecule has 0 atom stereocenters. The van der Waals surface area contributed by atoms with Crippen molar-refractivity contribution in [2.24, 2.45) is 0 Å². The monoisotopic (exact) mass is 441 g/mol. The Morgan fingerprint density at radius 3 is 2.09 bits per heavy atom. The van der Waals surface area contributed by atoms with E-state index in [4.69, 9.17) is 18.9 Å². The third kappa shape index (κ3) is 6.38. The van der Waals surface area contributed by atoms with Gasteiger partial charge in [0.1, 0.15) is 18.1 Å². The molecular weight excluding hydrogens is 414 g/mol. The molecule has 32 heavy (non-hydrogen) atoms. The van der Waals surface area contributed by atoms with Crippen LogP contribution in [0.15, 0.2) is 48.5 Å². The van der Waals surface area contributed by atoms with Crippen LogP contribution in [0.4, 0.5) is 0 Å². The van der Waals surface area contributed by atoms with Crippen molar-refractivity contribution >= 4 is 17.8 Å². The molecule has 8 nitrogen and oxygen atoms in total. The molecule has 8 heteroatoms. The van der Waals surface area contributed by atoms with Gasteiger partial charge in [-0.05, 0) is 42.8 Å². The standard InChI is InChI=1S/C24H27NO7/c1-2-3-13-31-18-8-10-19(11-9-18)32-22(26)17-30-16-15-29-14-12-25-23(27)20-6-4-5-7-21(20)24(25)28/h4-11H,2-3,12-17H2,1H3. The van der Waals surface area contributed by atoms with Gasteiger partial charge in [0.2, 0.25) is 0 Å². The minimum Gasteiger partial charge on any atom is -0.494 e. The Morgan fingerprint density at radius 1 is 0.812 bits per heavy atom. The normalized spacial score (nSPS) is 12.7. The maximum Gasteiger partial charge on any atom is 0.337 e. The number of ether oxygens (including phenoxy) is 4. The van der Waals surface area contributed by atoms with Crippen LogP contribution >= 0.6 is 0 Å². The van der Waals surface area contributed by atoms with Crippen molar-refractivity contribution in [1.82, 2.24) is 4.90 Å². The second-order valence-electron chi connectivity index (χ2n) is 7.12. The first kappa shape index (κ1) is 23.4. The number of carbonyl (C=O) groups is 3. The first-order valence-corrected chi connectivity index (χ1v) is 10.6. The summed E-state index contributed by atoms with van der Waals surface area (Å²) in [5.74, 6) is 0.00432. The molecule has 1 aliphatic heterocycles. The van der Waals surface area contributed by atoms with E-state index in [0.29, 0.717) is 23.5 Å². The number of benzene rings is 2. The summed E-state index contributed by atoms with van der Waals surface area (Å²) in [6, 6.07) is 13.6. The molecule has 0 unspecified atom stereocenters. The number of imide groups is 1. The Balaban J connectivity index is 1.26. The average molecular weight is 441 g/mol. The first-order valence-electron chi connectivity index (χ1n) is 10.6. The van der Waals surface area contributed by atoms with E-state index in [2.05, 4.69) is 6.92 Å². The second-order valence-corrected chi connectivity index (χ2v) is 7.12. The van der Waals surface area contributed by atoms with E-state index in [9.17, 15) is 14.4 Å². The number of hydrogen-bond acceptors (Lipinski definition) is 7. The molecule has 170 valence electrons. The molecule has 0 radical (unpaired) electrons. The van der Waals surface area contributed by atoms with Crippen LogP contribution in [0.1, 0.15) is 40.5 Å². The molecule has 0 aliphatic carbocycles. The van der Waals surface area contributed by atoms with E-state index in [0.717, 1.165) is 18.6 Å². The molecule has 0 bridgehead atoms. The summed E-state index contributed by atoms with van der Waals surface area (Å²) in [6.07, 6.45) is 2.05. The molecule has 0 fully saturated rings. The highest BCUT2D eigenvalue weighted by molar-refractivity contribution is 6.21. The van der Waals surface area contributed by atoms with Gasteiger partial charge in [-0.25, -0.2) is 4.79 Å². The Bertz CT molecular complexity index is 891. The van der Waals surface area contributed by atoms with Gasteiger partial charge in [0, 0.05) is 0 Å². The van der Waals surface area contributed by atoms with Crippen molar-refractivity contribution in [3.8, 4) is 11.5 Å². The van der Waals surface area contributed by atoms with Crippen molar-refractivity contribution in [3.05, 3.63) is 59.7 Å². The van der Waals surface area contributed by atoms with E-state index in [1.165, 1.54) is 4.90 Å². The minimum absolute atomic E-state index is 0.159. The number of amides is 2. The molecule has 2 aromatic rings. The van der Waals surface area contributed by atoms with E-state index in [-0.39, 0.29) is 44.8 Å².